The Morgan fingerprint density at radius 2 is 1.33 bits per heavy atom. The van der Waals surface area contributed by atoms with Crippen molar-refractivity contribution < 1.29 is 85.7 Å². The van der Waals surface area contributed by atoms with Gasteiger partial charge in [0.2, 0.25) is 11.8 Å². The Morgan fingerprint density at radius 1 is 0.719 bits per heavy atom. The van der Waals surface area contributed by atoms with Crippen LogP contribution in [0.15, 0.2) is 60.7 Å². The number of benzene rings is 2. The molecule has 3 fully saturated rings. The highest BCUT2D eigenvalue weighted by molar-refractivity contribution is 5.90. The van der Waals surface area contributed by atoms with E-state index in [1.807, 2.05) is 60.7 Å². The Bertz CT molecular complexity index is 1990. The number of rotatable bonds is 19. The number of carbonyl (C=O) groups excluding carboxylic acids is 8. The topological polar surface area (TPSA) is 265 Å². The molecule has 3 heterocycles. The van der Waals surface area contributed by atoms with Crippen LogP contribution in [0.4, 0.5) is 0 Å². The fraction of sp³-hybridized carbons (Fsp3) is 0.535. The molecule has 21 heteroatoms. The van der Waals surface area contributed by atoms with Gasteiger partial charge < -0.3 is 63.3 Å². The molecule has 0 aliphatic carbocycles. The molecule has 0 unspecified atom stereocenters. The second-order valence-corrected chi connectivity index (χ2v) is 15.2. The maximum Gasteiger partial charge on any atom is 0.305 e. The van der Waals surface area contributed by atoms with E-state index in [1.54, 1.807) is 0 Å². The Hall–Kier alpha value is -6.00. The average Bonchev–Trinajstić information content (AvgIpc) is 3.67. The Morgan fingerprint density at radius 3 is 1.88 bits per heavy atom. The number of carbonyl (C=O) groups is 8. The van der Waals surface area contributed by atoms with Crippen LogP contribution in [0.5, 0.6) is 0 Å². The first-order chi connectivity index (χ1) is 30.4. The summed E-state index contributed by atoms with van der Waals surface area (Å²) in [7, 11) is 0. The Labute approximate surface area is 368 Å². The third-order valence-electron chi connectivity index (χ3n) is 10.0. The summed E-state index contributed by atoms with van der Waals surface area (Å²) < 4.78 is 58.1. The quantitative estimate of drug-likeness (QED) is 0.127. The summed E-state index contributed by atoms with van der Waals surface area (Å²) in [4.78, 5) is 103. The molecule has 0 aromatic heterocycles. The minimum absolute atomic E-state index is 0.137. The van der Waals surface area contributed by atoms with Gasteiger partial charge in [-0.15, -0.1) is 0 Å². The first kappa shape index (κ1) is 49.0. The molecule has 21 nitrogen and oxygen atoms in total. The SMILES string of the molecule is CC(=O)N[C@H]1[C@H]([C@H](OC(C)=O)[C@@H](COC(C)=O)OC(C)=O)O[C@](OC(C)=O)(C(=O)NCC(=O)N[C@H]2[C@@H]3OC[C@@H](O3)[C@@H](OCc3ccccc3)[C@@H]2OCc2ccccc2)C[C@@H]1OC(C)=O. The Kier molecular flexibility index (Phi) is 17.3. The zero-order valence-corrected chi connectivity index (χ0v) is 36.1. The predicted octanol–water partition coefficient (Wildman–Crippen LogP) is 0.425. The van der Waals surface area contributed by atoms with Gasteiger partial charge in [-0.25, -0.2) is 0 Å². The van der Waals surface area contributed by atoms with Crippen molar-refractivity contribution in [3.8, 4) is 0 Å². The molecule has 348 valence electrons. The van der Waals surface area contributed by atoms with E-state index in [9.17, 15) is 38.4 Å². The molecule has 3 amide bonds. The lowest BCUT2D eigenvalue weighted by Crippen LogP contribution is -2.70. The lowest BCUT2D eigenvalue weighted by Gasteiger charge is -2.48. The molecule has 64 heavy (non-hydrogen) atoms. The van der Waals surface area contributed by atoms with Crippen molar-refractivity contribution >= 4 is 47.6 Å². The monoisotopic (exact) mass is 899 g/mol. The zero-order chi connectivity index (χ0) is 46.6. The maximum absolute atomic E-state index is 14.4. The Balaban J connectivity index is 1.43. The molecule has 0 saturated carbocycles. The van der Waals surface area contributed by atoms with Crippen molar-refractivity contribution in [2.75, 3.05) is 19.8 Å². The molecule has 2 aromatic carbocycles. The third-order valence-corrected chi connectivity index (χ3v) is 10.0. The summed E-state index contributed by atoms with van der Waals surface area (Å²) >= 11 is 0. The molecule has 0 radical (unpaired) electrons. The smallest absolute Gasteiger partial charge is 0.305 e. The number of ether oxygens (including phenoxy) is 10. The molecule has 2 bridgehead atoms. The van der Waals surface area contributed by atoms with Crippen LogP contribution in [0.3, 0.4) is 0 Å². The molecule has 5 rings (SSSR count). The fourth-order valence-corrected chi connectivity index (χ4v) is 7.59. The van der Waals surface area contributed by atoms with Crippen molar-refractivity contribution in [2.45, 2.75) is 128 Å². The van der Waals surface area contributed by atoms with E-state index >= 15 is 0 Å². The number of hydrogen-bond donors (Lipinski definition) is 3. The van der Waals surface area contributed by atoms with Gasteiger partial charge in [0.15, 0.2) is 18.5 Å². The minimum atomic E-state index is -2.78. The highest BCUT2D eigenvalue weighted by atomic mass is 16.7. The second-order valence-electron chi connectivity index (χ2n) is 15.2. The normalized spacial score (nSPS) is 26.8. The van der Waals surface area contributed by atoms with Crippen LogP contribution < -0.4 is 16.0 Å². The van der Waals surface area contributed by atoms with Crippen molar-refractivity contribution in [1.82, 2.24) is 16.0 Å². The van der Waals surface area contributed by atoms with Crippen LogP contribution in [-0.4, -0.2) is 134 Å². The standard InChI is InChI=1S/C43H53N3O18/c1-23(47)45-35-31(59-25(3)49)17-43(63-28(6)52,64-40(35)38(61-27(5)51)33(60-26(4)50)21-55-24(2)48)42(54)44-18-34(53)46-36-39(57-20-30-15-11-8-12-16-30)37(32-22-58-41(36)62-32)56-19-29-13-9-7-10-14-29/h7-16,31-33,35-41H,17-22H2,1-6H3,(H,44,54)(H,45,47)(H,46,53)/t31-,32+,33+,35+,36+,37+,38+,39+,40+,41+,43-/m0/s1. The van der Waals surface area contributed by atoms with Crippen LogP contribution in [0, 0.1) is 0 Å². The first-order valence-electron chi connectivity index (χ1n) is 20.4. The zero-order valence-electron chi connectivity index (χ0n) is 36.1. The molecular formula is C43H53N3O18. The third kappa shape index (κ3) is 13.5. The van der Waals surface area contributed by atoms with Gasteiger partial charge in [-0.2, -0.15) is 0 Å². The summed E-state index contributed by atoms with van der Waals surface area (Å²) in [6.07, 6.45) is -10.8. The molecule has 3 N–H and O–H groups in total. The van der Waals surface area contributed by atoms with Crippen LogP contribution in [-0.2, 0) is 98.9 Å². The molecule has 3 saturated heterocycles. The van der Waals surface area contributed by atoms with Crippen LogP contribution in [0.25, 0.3) is 0 Å². The molecule has 2 aromatic rings. The van der Waals surface area contributed by atoms with Crippen molar-refractivity contribution in [3.05, 3.63) is 71.8 Å². The van der Waals surface area contributed by atoms with Crippen LogP contribution >= 0.6 is 0 Å². The summed E-state index contributed by atoms with van der Waals surface area (Å²) in [6, 6.07) is 16.3. The predicted molar refractivity (Wildman–Crippen MR) is 214 cm³/mol. The van der Waals surface area contributed by atoms with Crippen LogP contribution in [0.1, 0.15) is 59.1 Å². The van der Waals surface area contributed by atoms with E-state index in [0.29, 0.717) is 0 Å². The molecule has 3 aliphatic heterocycles. The van der Waals surface area contributed by atoms with Gasteiger partial charge in [0.05, 0.1) is 38.8 Å². The fourth-order valence-electron chi connectivity index (χ4n) is 7.59. The van der Waals surface area contributed by atoms with Gasteiger partial charge in [0, 0.05) is 41.5 Å². The molecule has 11 atom stereocenters. The number of fused-ring (bicyclic) bond motifs is 2. The van der Waals surface area contributed by atoms with Gasteiger partial charge in [-0.3, -0.25) is 38.4 Å². The number of amides is 3. The largest absolute Gasteiger partial charge is 0.462 e. The van der Waals surface area contributed by atoms with Crippen molar-refractivity contribution in [3.63, 3.8) is 0 Å². The number of hydrogen-bond acceptors (Lipinski definition) is 18. The van der Waals surface area contributed by atoms with Crippen LogP contribution in [0.2, 0.25) is 0 Å². The first-order valence-corrected chi connectivity index (χ1v) is 20.4. The molecule has 0 spiro atoms. The highest BCUT2D eigenvalue weighted by Gasteiger charge is 2.60. The van der Waals surface area contributed by atoms with E-state index in [4.69, 9.17) is 47.4 Å². The van der Waals surface area contributed by atoms with Crippen molar-refractivity contribution in [1.29, 1.82) is 0 Å². The van der Waals surface area contributed by atoms with E-state index in [2.05, 4.69) is 16.0 Å². The molecule has 3 aliphatic rings. The average molecular weight is 900 g/mol. The van der Waals surface area contributed by atoms with Gasteiger partial charge in [-0.05, 0) is 11.1 Å². The van der Waals surface area contributed by atoms with Gasteiger partial charge >= 0.3 is 29.8 Å². The minimum Gasteiger partial charge on any atom is -0.462 e. The summed E-state index contributed by atoms with van der Waals surface area (Å²) in [5.41, 5.74) is 1.73. The van der Waals surface area contributed by atoms with Gasteiger partial charge in [0.25, 0.3) is 11.7 Å². The number of esters is 5. The van der Waals surface area contributed by atoms with E-state index < -0.39 is 134 Å². The summed E-state index contributed by atoms with van der Waals surface area (Å²) in [6.45, 7) is 5.08. The van der Waals surface area contributed by atoms with Gasteiger partial charge in [-0.1, -0.05) is 60.7 Å². The molecular weight excluding hydrogens is 846 g/mol. The lowest BCUT2D eigenvalue weighted by molar-refractivity contribution is -0.296. The van der Waals surface area contributed by atoms with E-state index in [1.165, 1.54) is 0 Å². The highest BCUT2D eigenvalue weighted by Crippen LogP contribution is 2.37. The summed E-state index contributed by atoms with van der Waals surface area (Å²) in [5, 5.41) is 7.75. The lowest BCUT2D eigenvalue weighted by atomic mass is 9.87. The van der Waals surface area contributed by atoms with Crippen molar-refractivity contribution in [2.24, 2.45) is 0 Å². The summed E-state index contributed by atoms with van der Waals surface area (Å²) in [5.74, 6) is -10.3. The number of nitrogens with one attached hydrogen (secondary N) is 3. The van der Waals surface area contributed by atoms with E-state index in [-0.39, 0.29) is 19.8 Å². The van der Waals surface area contributed by atoms with E-state index in [0.717, 1.165) is 52.7 Å². The van der Waals surface area contributed by atoms with Gasteiger partial charge in [0.1, 0.15) is 43.2 Å². The second kappa shape index (κ2) is 22.6. The maximum atomic E-state index is 14.4.